The fraction of sp³-hybridized carbons (Fsp3) is 0.190. The van der Waals surface area contributed by atoms with Crippen molar-refractivity contribution in [3.05, 3.63) is 58.5 Å². The zero-order valence-electron chi connectivity index (χ0n) is 15.9. The molecule has 1 aliphatic heterocycles. The first-order valence-corrected chi connectivity index (χ1v) is 9.69. The maximum Gasteiger partial charge on any atom is 0.264 e. The van der Waals surface area contributed by atoms with Crippen LogP contribution in [0.5, 0.6) is 11.5 Å². The number of aliphatic imine (C=N–C) groups is 1. The van der Waals surface area contributed by atoms with Crippen LogP contribution in [0, 0.1) is 0 Å². The van der Waals surface area contributed by atoms with Crippen molar-refractivity contribution in [2.75, 3.05) is 13.7 Å². The second kappa shape index (κ2) is 9.29. The summed E-state index contributed by atoms with van der Waals surface area (Å²) >= 11 is 1.24. The number of nitrogens with zero attached hydrogens (tertiary/aromatic N) is 1. The number of rotatable bonds is 7. The van der Waals surface area contributed by atoms with E-state index in [1.165, 1.54) is 24.4 Å². The Morgan fingerprint density at radius 2 is 1.97 bits per heavy atom. The number of amides is 1. The highest BCUT2D eigenvalue weighted by molar-refractivity contribution is 8.18. The summed E-state index contributed by atoms with van der Waals surface area (Å²) < 4.78 is 10.4. The number of aryl methyl sites for hydroxylation is 1. The highest BCUT2D eigenvalue weighted by atomic mass is 32.2. The minimum atomic E-state index is -1.33. The van der Waals surface area contributed by atoms with Crippen LogP contribution in [0.3, 0.4) is 0 Å². The third-order valence-corrected chi connectivity index (χ3v) is 4.97. The van der Waals surface area contributed by atoms with Crippen LogP contribution in [0.4, 0.5) is 5.69 Å². The van der Waals surface area contributed by atoms with Gasteiger partial charge in [0.15, 0.2) is 16.7 Å². The van der Waals surface area contributed by atoms with E-state index in [0.29, 0.717) is 21.4 Å². The molecule has 0 atom stereocenters. The van der Waals surface area contributed by atoms with Crippen molar-refractivity contribution < 1.29 is 24.2 Å². The van der Waals surface area contributed by atoms with Gasteiger partial charge < -0.3 is 24.7 Å². The van der Waals surface area contributed by atoms with Gasteiger partial charge in [-0.05, 0) is 59.7 Å². The van der Waals surface area contributed by atoms with Gasteiger partial charge in [0.1, 0.15) is 6.61 Å². The molecule has 29 heavy (non-hydrogen) atoms. The molecule has 1 N–H and O–H groups in total. The predicted molar refractivity (Wildman–Crippen MR) is 110 cm³/mol. The number of aliphatic carboxylic acids is 1. The van der Waals surface area contributed by atoms with E-state index in [2.05, 4.69) is 17.2 Å². The first-order valence-electron chi connectivity index (χ1n) is 8.87. The summed E-state index contributed by atoms with van der Waals surface area (Å²) in [7, 11) is 1.45. The number of hydrogen-bond acceptors (Lipinski definition) is 7. The first-order chi connectivity index (χ1) is 14.0. The number of hydrogen-bond donors (Lipinski definition) is 1. The minimum absolute atomic E-state index is 0.241. The molecule has 3 rings (SSSR count). The second-order valence-corrected chi connectivity index (χ2v) is 7.10. The maximum atomic E-state index is 12.3. The molecular formula is C21H19N2O5S-. The molecule has 8 heteroatoms. The predicted octanol–water partition coefficient (Wildman–Crippen LogP) is 2.28. The van der Waals surface area contributed by atoms with Crippen LogP contribution in [-0.4, -0.2) is 30.8 Å². The Bertz CT molecular complexity index is 983. The van der Waals surface area contributed by atoms with Crippen LogP contribution in [0.1, 0.15) is 18.1 Å². The van der Waals surface area contributed by atoms with Gasteiger partial charge in [0.2, 0.25) is 0 Å². The molecule has 7 nitrogen and oxygen atoms in total. The van der Waals surface area contributed by atoms with Crippen LogP contribution in [0.2, 0.25) is 0 Å². The monoisotopic (exact) mass is 411 g/mol. The fourth-order valence-corrected chi connectivity index (χ4v) is 3.43. The van der Waals surface area contributed by atoms with Crippen LogP contribution in [-0.2, 0) is 16.0 Å². The number of thioether (sulfide) groups is 1. The molecule has 150 valence electrons. The third kappa shape index (κ3) is 5.39. The van der Waals surface area contributed by atoms with E-state index >= 15 is 0 Å². The van der Waals surface area contributed by atoms with Crippen molar-refractivity contribution in [1.29, 1.82) is 0 Å². The van der Waals surface area contributed by atoms with E-state index in [1.807, 2.05) is 24.3 Å². The number of ether oxygens (including phenoxy) is 2. The minimum Gasteiger partial charge on any atom is -0.546 e. The van der Waals surface area contributed by atoms with Gasteiger partial charge in [-0.15, -0.1) is 0 Å². The van der Waals surface area contributed by atoms with Crippen molar-refractivity contribution in [3.8, 4) is 11.5 Å². The van der Waals surface area contributed by atoms with Gasteiger partial charge in [-0.3, -0.25) is 4.79 Å². The summed E-state index contributed by atoms with van der Waals surface area (Å²) in [6.07, 6.45) is 2.66. The Labute approximate surface area is 172 Å². The van der Waals surface area contributed by atoms with Gasteiger partial charge in [-0.1, -0.05) is 25.1 Å². The van der Waals surface area contributed by atoms with Gasteiger partial charge >= 0.3 is 0 Å². The normalized spacial score (nSPS) is 16.1. The van der Waals surface area contributed by atoms with Crippen LogP contribution < -0.4 is 19.9 Å². The van der Waals surface area contributed by atoms with Gasteiger partial charge in [0.05, 0.1) is 23.7 Å². The molecule has 1 aliphatic rings. The number of methoxy groups -OCH3 is 1. The lowest BCUT2D eigenvalue weighted by Crippen LogP contribution is -2.29. The number of nitrogens with one attached hydrogen (secondary N) is 1. The Kier molecular flexibility index (Phi) is 6.56. The summed E-state index contributed by atoms with van der Waals surface area (Å²) in [5, 5.41) is 13.8. The molecule has 0 bridgehead atoms. The van der Waals surface area contributed by atoms with Crippen LogP contribution in [0.25, 0.3) is 6.08 Å². The number of amidine groups is 1. The van der Waals surface area contributed by atoms with Crippen molar-refractivity contribution in [3.63, 3.8) is 0 Å². The topological polar surface area (TPSA) is 100 Å². The number of carbonyl (C=O) groups is 2. The smallest absolute Gasteiger partial charge is 0.264 e. The molecule has 2 aromatic rings. The lowest BCUT2D eigenvalue weighted by molar-refractivity contribution is -0.307. The van der Waals surface area contributed by atoms with Crippen molar-refractivity contribution in [1.82, 2.24) is 5.32 Å². The van der Waals surface area contributed by atoms with Gasteiger partial charge in [-0.2, -0.15) is 0 Å². The van der Waals surface area contributed by atoms with E-state index in [9.17, 15) is 14.7 Å². The second-order valence-electron chi connectivity index (χ2n) is 6.07. The van der Waals surface area contributed by atoms with Crippen molar-refractivity contribution in [2.24, 2.45) is 4.99 Å². The summed E-state index contributed by atoms with van der Waals surface area (Å²) in [5.41, 5.74) is 2.69. The summed E-state index contributed by atoms with van der Waals surface area (Å²) in [6.45, 7) is 1.51. The Balaban J connectivity index is 1.76. The maximum absolute atomic E-state index is 12.3. The van der Waals surface area contributed by atoms with E-state index in [1.54, 1.807) is 24.3 Å². The molecule has 0 unspecified atom stereocenters. The standard InChI is InChI=1S/C21H20N2O5S/c1-3-13-4-7-15(8-5-13)22-21-23-20(26)18(29-21)11-14-6-9-16(17(10-14)27-2)28-12-19(24)25/h4-11H,3,12H2,1-2H3,(H,24,25)(H,22,23,26)/p-1/b18-11+. The lowest BCUT2D eigenvalue weighted by atomic mass is 10.2. The molecule has 0 aromatic heterocycles. The number of carboxylic acid groups (broad SMARTS) is 1. The summed E-state index contributed by atoms with van der Waals surface area (Å²) in [6, 6.07) is 12.8. The number of benzene rings is 2. The van der Waals surface area contributed by atoms with E-state index in [-0.39, 0.29) is 11.7 Å². The van der Waals surface area contributed by atoms with Gasteiger partial charge in [-0.25, -0.2) is 4.99 Å². The van der Waals surface area contributed by atoms with Crippen LogP contribution in [0.15, 0.2) is 52.4 Å². The quantitative estimate of drug-likeness (QED) is 0.702. The Hall–Kier alpha value is -3.26. The lowest BCUT2D eigenvalue weighted by Gasteiger charge is -2.11. The molecule has 0 spiro atoms. The van der Waals surface area contributed by atoms with E-state index in [4.69, 9.17) is 9.47 Å². The first kappa shape index (κ1) is 20.5. The van der Waals surface area contributed by atoms with E-state index < -0.39 is 12.6 Å². The number of carboxylic acids is 1. The Morgan fingerprint density at radius 1 is 1.21 bits per heavy atom. The average Bonchev–Trinajstić information content (AvgIpc) is 3.06. The zero-order valence-corrected chi connectivity index (χ0v) is 16.7. The van der Waals surface area contributed by atoms with E-state index in [0.717, 1.165) is 12.1 Å². The SMILES string of the molecule is CCc1ccc(N=C2NC(=O)/C(=C\c3ccc(OCC(=O)[O-])c(OC)c3)S2)cc1. The molecule has 1 saturated heterocycles. The van der Waals surface area contributed by atoms with Crippen LogP contribution >= 0.6 is 11.8 Å². The summed E-state index contributed by atoms with van der Waals surface area (Å²) in [4.78, 5) is 27.8. The summed E-state index contributed by atoms with van der Waals surface area (Å²) in [5.74, 6) is -0.933. The zero-order chi connectivity index (χ0) is 20.8. The van der Waals surface area contributed by atoms with Gasteiger partial charge in [0.25, 0.3) is 5.91 Å². The fourth-order valence-electron chi connectivity index (χ4n) is 2.59. The molecular weight excluding hydrogens is 392 g/mol. The van der Waals surface area contributed by atoms with Crippen molar-refractivity contribution in [2.45, 2.75) is 13.3 Å². The molecule has 2 aromatic carbocycles. The molecule has 0 saturated carbocycles. The highest BCUT2D eigenvalue weighted by Crippen LogP contribution is 2.32. The Morgan fingerprint density at radius 3 is 2.62 bits per heavy atom. The number of carbonyl (C=O) groups excluding carboxylic acids is 2. The molecule has 0 aliphatic carbocycles. The molecule has 1 heterocycles. The average molecular weight is 411 g/mol. The van der Waals surface area contributed by atoms with Crippen molar-refractivity contribution >= 4 is 40.6 Å². The highest BCUT2D eigenvalue weighted by Gasteiger charge is 2.24. The largest absolute Gasteiger partial charge is 0.546 e. The third-order valence-electron chi connectivity index (χ3n) is 4.06. The molecule has 1 amide bonds. The molecule has 1 fully saturated rings. The van der Waals surface area contributed by atoms with Gasteiger partial charge in [0, 0.05) is 0 Å². The molecule has 0 radical (unpaired) electrons.